The van der Waals surface area contributed by atoms with Crippen molar-refractivity contribution in [1.82, 2.24) is 20.3 Å². The van der Waals surface area contributed by atoms with Gasteiger partial charge in [-0.2, -0.15) is 0 Å². The van der Waals surface area contributed by atoms with Crippen LogP contribution in [0.4, 0.5) is 0 Å². The number of hydrogen-bond donors (Lipinski definition) is 1. The molecule has 0 radical (unpaired) electrons. The van der Waals surface area contributed by atoms with E-state index in [0.29, 0.717) is 12.2 Å². The highest BCUT2D eigenvalue weighted by atomic mass is 32.1. The van der Waals surface area contributed by atoms with Gasteiger partial charge in [0.05, 0.1) is 12.1 Å². The van der Waals surface area contributed by atoms with E-state index >= 15 is 0 Å². The lowest BCUT2D eigenvalue weighted by atomic mass is 9.86. The number of hydrogen-bond acceptors (Lipinski definition) is 5. The van der Waals surface area contributed by atoms with Crippen LogP contribution < -0.4 is 5.32 Å². The minimum atomic E-state index is 0.0458. The largest absolute Gasteiger partial charge is 0.356 e. The van der Waals surface area contributed by atoms with Crippen LogP contribution in [0.2, 0.25) is 0 Å². The van der Waals surface area contributed by atoms with Gasteiger partial charge in [-0.15, -0.1) is 11.3 Å². The van der Waals surface area contributed by atoms with Crippen LogP contribution in [0, 0.1) is 5.92 Å². The van der Waals surface area contributed by atoms with Crippen molar-refractivity contribution >= 4 is 17.2 Å². The summed E-state index contributed by atoms with van der Waals surface area (Å²) in [6.45, 7) is 0.772. The van der Waals surface area contributed by atoms with Crippen LogP contribution in [0.15, 0.2) is 23.8 Å². The van der Waals surface area contributed by atoms with Crippen LogP contribution in [0.25, 0.3) is 10.8 Å². The Morgan fingerprint density at radius 3 is 2.79 bits per heavy atom. The summed E-state index contributed by atoms with van der Waals surface area (Å²) < 4.78 is 0. The van der Waals surface area contributed by atoms with Crippen molar-refractivity contribution in [3.63, 3.8) is 0 Å². The third-order valence-corrected chi connectivity index (χ3v) is 5.37. The molecule has 24 heavy (non-hydrogen) atoms. The first kappa shape index (κ1) is 17.0. The summed E-state index contributed by atoms with van der Waals surface area (Å²) in [6, 6.07) is 1.78. The van der Waals surface area contributed by atoms with Crippen LogP contribution >= 0.6 is 11.3 Å². The smallest absolute Gasteiger partial charge is 0.226 e. The molecule has 0 spiro atoms. The third kappa shape index (κ3) is 5.09. The Kier molecular flexibility index (Phi) is 6.29. The number of thiazole rings is 1. The molecule has 1 aliphatic carbocycles. The summed E-state index contributed by atoms with van der Waals surface area (Å²) in [7, 11) is 0. The van der Waals surface area contributed by atoms with Crippen molar-refractivity contribution in [3.05, 3.63) is 29.5 Å². The maximum Gasteiger partial charge on any atom is 0.226 e. The fraction of sp³-hybridized carbons (Fsp3) is 0.556. The lowest BCUT2D eigenvalue weighted by molar-refractivity contribution is -0.120. The molecule has 0 unspecified atom stereocenters. The molecule has 2 aromatic heterocycles. The topological polar surface area (TPSA) is 67.8 Å². The number of rotatable bonds is 7. The van der Waals surface area contributed by atoms with Crippen molar-refractivity contribution in [2.75, 3.05) is 6.54 Å². The number of amides is 1. The number of carbonyl (C=O) groups excluding carboxylic acids is 1. The normalized spacial score (nSPS) is 15.3. The monoisotopic (exact) mass is 344 g/mol. The van der Waals surface area contributed by atoms with Crippen LogP contribution in [0.3, 0.4) is 0 Å². The van der Waals surface area contributed by atoms with Crippen LogP contribution in [-0.4, -0.2) is 27.4 Å². The average molecular weight is 344 g/mol. The zero-order chi connectivity index (χ0) is 16.6. The van der Waals surface area contributed by atoms with Gasteiger partial charge in [0.15, 0.2) is 10.8 Å². The Balaban J connectivity index is 1.38. The first-order valence-electron chi connectivity index (χ1n) is 8.80. The van der Waals surface area contributed by atoms with Gasteiger partial charge >= 0.3 is 0 Å². The molecule has 6 heteroatoms. The van der Waals surface area contributed by atoms with Gasteiger partial charge in [0, 0.05) is 24.3 Å². The maximum absolute atomic E-state index is 12.0. The minimum Gasteiger partial charge on any atom is -0.356 e. The van der Waals surface area contributed by atoms with E-state index in [1.807, 2.05) is 5.38 Å². The Morgan fingerprint density at radius 1 is 1.21 bits per heavy atom. The zero-order valence-corrected chi connectivity index (χ0v) is 14.7. The molecule has 2 aromatic rings. The summed E-state index contributed by atoms with van der Waals surface area (Å²) >= 11 is 1.48. The quantitative estimate of drug-likeness (QED) is 0.779. The van der Waals surface area contributed by atoms with Crippen molar-refractivity contribution < 1.29 is 4.79 Å². The minimum absolute atomic E-state index is 0.0458. The van der Waals surface area contributed by atoms with Crippen LogP contribution in [-0.2, 0) is 11.2 Å². The average Bonchev–Trinajstić information content (AvgIpc) is 3.09. The molecule has 1 fully saturated rings. The molecule has 0 atom stereocenters. The van der Waals surface area contributed by atoms with Gasteiger partial charge < -0.3 is 5.32 Å². The highest BCUT2D eigenvalue weighted by Gasteiger charge is 2.13. The zero-order valence-electron chi connectivity index (χ0n) is 13.9. The SMILES string of the molecule is O=C(Cc1csc(-c2ncccn2)n1)NCCCC1CCCCC1. The van der Waals surface area contributed by atoms with Gasteiger partial charge in [-0.05, 0) is 24.8 Å². The van der Waals surface area contributed by atoms with Crippen LogP contribution in [0.5, 0.6) is 0 Å². The van der Waals surface area contributed by atoms with Crippen molar-refractivity contribution in [3.8, 4) is 10.8 Å². The molecule has 0 bridgehead atoms. The fourth-order valence-electron chi connectivity index (χ4n) is 3.22. The van der Waals surface area contributed by atoms with Crippen LogP contribution in [0.1, 0.15) is 50.6 Å². The predicted octanol–water partition coefficient (Wildman–Crippen LogP) is 3.62. The molecule has 1 amide bonds. The second-order valence-corrected chi connectivity index (χ2v) is 7.25. The summed E-state index contributed by atoms with van der Waals surface area (Å²) in [5, 5.41) is 5.68. The fourth-order valence-corrected chi connectivity index (χ4v) is 3.99. The van der Waals surface area contributed by atoms with E-state index in [9.17, 15) is 4.79 Å². The molecule has 128 valence electrons. The standard InChI is InChI=1S/C18H24N4OS/c23-16(19-9-4-8-14-6-2-1-3-7-14)12-15-13-24-18(22-15)17-20-10-5-11-21-17/h5,10-11,13-14H,1-4,6-9,12H2,(H,19,23). The Bertz CT molecular complexity index is 637. The molecule has 0 aromatic carbocycles. The van der Waals surface area contributed by atoms with E-state index in [-0.39, 0.29) is 5.91 Å². The summed E-state index contributed by atoms with van der Waals surface area (Å²) in [6.07, 6.45) is 13.0. The molecule has 0 saturated heterocycles. The number of nitrogens with one attached hydrogen (secondary N) is 1. The Morgan fingerprint density at radius 2 is 2.00 bits per heavy atom. The lowest BCUT2D eigenvalue weighted by Crippen LogP contribution is -2.26. The van der Waals surface area contributed by atoms with E-state index in [4.69, 9.17) is 0 Å². The highest BCUT2D eigenvalue weighted by Crippen LogP contribution is 2.27. The van der Waals surface area contributed by atoms with Gasteiger partial charge in [-0.25, -0.2) is 15.0 Å². The number of aromatic nitrogens is 3. The molecule has 3 rings (SSSR count). The Labute approximate surface area is 147 Å². The summed E-state index contributed by atoms with van der Waals surface area (Å²) in [5.41, 5.74) is 0.784. The van der Waals surface area contributed by atoms with Crippen molar-refractivity contribution in [1.29, 1.82) is 0 Å². The predicted molar refractivity (Wildman–Crippen MR) is 95.7 cm³/mol. The Hall–Kier alpha value is -1.82. The maximum atomic E-state index is 12.0. The molecule has 1 N–H and O–H groups in total. The number of carbonyl (C=O) groups is 1. The van der Waals surface area contributed by atoms with Gasteiger partial charge in [0.1, 0.15) is 0 Å². The molecule has 5 nitrogen and oxygen atoms in total. The highest BCUT2D eigenvalue weighted by molar-refractivity contribution is 7.13. The summed E-state index contributed by atoms with van der Waals surface area (Å²) in [4.78, 5) is 24.9. The lowest BCUT2D eigenvalue weighted by Gasteiger charge is -2.21. The molecule has 1 aliphatic rings. The van der Waals surface area contributed by atoms with Gasteiger partial charge in [0.25, 0.3) is 0 Å². The third-order valence-electron chi connectivity index (χ3n) is 4.49. The number of nitrogens with zero attached hydrogens (tertiary/aromatic N) is 3. The van der Waals surface area contributed by atoms with Gasteiger partial charge in [0.2, 0.25) is 5.91 Å². The van der Waals surface area contributed by atoms with E-state index in [0.717, 1.165) is 29.6 Å². The first-order valence-corrected chi connectivity index (χ1v) is 9.68. The molecular weight excluding hydrogens is 320 g/mol. The molecule has 0 aliphatic heterocycles. The first-order chi connectivity index (χ1) is 11.8. The van der Waals surface area contributed by atoms with Gasteiger partial charge in [-0.3, -0.25) is 4.79 Å². The van der Waals surface area contributed by atoms with Crippen molar-refractivity contribution in [2.24, 2.45) is 5.92 Å². The van der Waals surface area contributed by atoms with E-state index < -0.39 is 0 Å². The summed E-state index contributed by atoms with van der Waals surface area (Å²) in [5.74, 6) is 1.54. The second-order valence-electron chi connectivity index (χ2n) is 6.39. The van der Waals surface area contributed by atoms with E-state index in [1.165, 1.54) is 49.9 Å². The molecule has 1 saturated carbocycles. The second kappa shape index (κ2) is 8.87. The molecular formula is C18H24N4OS. The van der Waals surface area contributed by atoms with E-state index in [2.05, 4.69) is 20.3 Å². The molecule has 2 heterocycles. The van der Waals surface area contributed by atoms with Crippen molar-refractivity contribution in [2.45, 2.75) is 51.4 Å². The van der Waals surface area contributed by atoms with E-state index in [1.54, 1.807) is 18.5 Å². The van der Waals surface area contributed by atoms with Gasteiger partial charge in [-0.1, -0.05) is 32.1 Å².